The van der Waals surface area contributed by atoms with E-state index in [0.717, 1.165) is 28.0 Å². The predicted octanol–water partition coefficient (Wildman–Crippen LogP) is 9.36. The van der Waals surface area contributed by atoms with Gasteiger partial charge in [0.05, 0.1) is 11.2 Å². The van der Waals surface area contributed by atoms with Crippen molar-refractivity contribution >= 4 is 21.7 Å². The molecule has 6 aromatic carbocycles. The van der Waals surface area contributed by atoms with Gasteiger partial charge >= 0.3 is 0 Å². The molecule has 0 saturated carbocycles. The van der Waals surface area contributed by atoms with Crippen LogP contribution in [-0.4, -0.2) is 9.97 Å². The standard InChI is InChI=1S/C37H24N2/c1-3-11-24(12-4-1)28-22-21-25-15-9-18-29-30-19-10-16-27(35(30)36(28)34(25)29)23-33-38-32-20-8-7-17-31(32)37(39-33)26-13-5-2-6-14-26/h1-22H,23H2. The number of nitrogens with zero attached hydrogens (tertiary/aromatic N) is 2. The maximum absolute atomic E-state index is 5.16. The third-order valence-electron chi connectivity index (χ3n) is 7.87. The van der Waals surface area contributed by atoms with Gasteiger partial charge in [0.1, 0.15) is 5.82 Å². The minimum absolute atomic E-state index is 0.659. The molecule has 7 aromatic rings. The van der Waals surface area contributed by atoms with Crippen molar-refractivity contribution in [3.05, 3.63) is 145 Å². The van der Waals surface area contributed by atoms with Gasteiger partial charge in [-0.25, -0.2) is 9.97 Å². The number of fused-ring (bicyclic) bond motifs is 4. The highest BCUT2D eigenvalue weighted by Crippen LogP contribution is 2.52. The van der Waals surface area contributed by atoms with Crippen molar-refractivity contribution in [2.24, 2.45) is 0 Å². The summed E-state index contributed by atoms with van der Waals surface area (Å²) in [7, 11) is 0. The molecule has 0 saturated heterocycles. The molecule has 1 aliphatic rings. The summed E-state index contributed by atoms with van der Waals surface area (Å²) in [6.07, 6.45) is 0.659. The molecule has 0 fully saturated rings. The van der Waals surface area contributed by atoms with E-state index < -0.39 is 0 Å². The zero-order valence-corrected chi connectivity index (χ0v) is 21.3. The fourth-order valence-electron chi connectivity index (χ4n) is 6.18. The molecule has 0 amide bonds. The largest absolute Gasteiger partial charge is 0.233 e. The van der Waals surface area contributed by atoms with Gasteiger partial charge < -0.3 is 0 Å². The number of para-hydroxylation sites is 1. The van der Waals surface area contributed by atoms with E-state index in [1.165, 1.54) is 49.7 Å². The number of rotatable bonds is 4. The fraction of sp³-hybridized carbons (Fsp3) is 0.0270. The smallest absolute Gasteiger partial charge is 0.134 e. The summed E-state index contributed by atoms with van der Waals surface area (Å²) in [5, 5.41) is 3.69. The van der Waals surface area contributed by atoms with E-state index in [4.69, 9.17) is 9.97 Å². The van der Waals surface area contributed by atoms with Crippen LogP contribution in [0.5, 0.6) is 0 Å². The molecule has 182 valence electrons. The maximum atomic E-state index is 5.16. The van der Waals surface area contributed by atoms with Crippen LogP contribution in [0.4, 0.5) is 0 Å². The van der Waals surface area contributed by atoms with Gasteiger partial charge in [-0.2, -0.15) is 0 Å². The Morgan fingerprint density at radius 1 is 0.462 bits per heavy atom. The van der Waals surface area contributed by atoms with E-state index in [-0.39, 0.29) is 0 Å². The number of hydrogen-bond donors (Lipinski definition) is 0. The summed E-state index contributed by atoms with van der Waals surface area (Å²) in [5.74, 6) is 0.838. The van der Waals surface area contributed by atoms with Crippen molar-refractivity contribution in [2.75, 3.05) is 0 Å². The van der Waals surface area contributed by atoms with Crippen molar-refractivity contribution in [1.29, 1.82) is 0 Å². The van der Waals surface area contributed by atoms with Crippen LogP contribution in [0.2, 0.25) is 0 Å². The third-order valence-corrected chi connectivity index (χ3v) is 7.87. The van der Waals surface area contributed by atoms with E-state index in [9.17, 15) is 0 Å². The quantitative estimate of drug-likeness (QED) is 0.243. The van der Waals surface area contributed by atoms with Crippen LogP contribution in [0, 0.1) is 0 Å². The van der Waals surface area contributed by atoms with Crippen LogP contribution >= 0.6 is 0 Å². The van der Waals surface area contributed by atoms with Crippen LogP contribution in [0.25, 0.3) is 66.3 Å². The molecule has 1 heterocycles. The van der Waals surface area contributed by atoms with E-state index in [1.54, 1.807) is 0 Å². The molecule has 8 rings (SSSR count). The average Bonchev–Trinajstić information content (AvgIpc) is 3.35. The van der Waals surface area contributed by atoms with Gasteiger partial charge in [0.15, 0.2) is 0 Å². The van der Waals surface area contributed by atoms with Gasteiger partial charge in [-0.05, 0) is 55.8 Å². The maximum Gasteiger partial charge on any atom is 0.134 e. The lowest BCUT2D eigenvalue weighted by Gasteiger charge is -2.15. The van der Waals surface area contributed by atoms with Gasteiger partial charge in [0.2, 0.25) is 0 Å². The summed E-state index contributed by atoms with van der Waals surface area (Å²) < 4.78 is 0. The van der Waals surface area contributed by atoms with Gasteiger partial charge in [-0.3, -0.25) is 0 Å². The Morgan fingerprint density at radius 3 is 2.03 bits per heavy atom. The molecule has 0 bridgehead atoms. The number of benzene rings is 6. The van der Waals surface area contributed by atoms with Crippen molar-refractivity contribution in [3.8, 4) is 44.6 Å². The Balaban J connectivity index is 1.35. The van der Waals surface area contributed by atoms with Gasteiger partial charge in [0.25, 0.3) is 0 Å². The van der Waals surface area contributed by atoms with Crippen LogP contribution in [-0.2, 0) is 6.42 Å². The van der Waals surface area contributed by atoms with Crippen molar-refractivity contribution in [2.45, 2.75) is 6.42 Å². The Hall–Kier alpha value is -5.08. The molecule has 0 N–H and O–H groups in total. The molecule has 0 unspecified atom stereocenters. The van der Waals surface area contributed by atoms with Crippen molar-refractivity contribution in [1.82, 2.24) is 9.97 Å². The molecule has 0 atom stereocenters. The lowest BCUT2D eigenvalue weighted by atomic mass is 9.90. The van der Waals surface area contributed by atoms with E-state index in [0.29, 0.717) is 6.42 Å². The van der Waals surface area contributed by atoms with E-state index >= 15 is 0 Å². The van der Waals surface area contributed by atoms with Gasteiger partial charge in [-0.1, -0.05) is 127 Å². The van der Waals surface area contributed by atoms with E-state index in [2.05, 4.69) is 127 Å². The van der Waals surface area contributed by atoms with Crippen LogP contribution < -0.4 is 0 Å². The average molecular weight is 497 g/mol. The molecule has 0 aliphatic heterocycles. The molecule has 0 radical (unpaired) electrons. The molecule has 39 heavy (non-hydrogen) atoms. The second-order valence-corrected chi connectivity index (χ2v) is 10.1. The Kier molecular flexibility index (Phi) is 4.92. The zero-order chi connectivity index (χ0) is 25.8. The fourth-order valence-corrected chi connectivity index (χ4v) is 6.18. The summed E-state index contributed by atoms with van der Waals surface area (Å²) in [6.45, 7) is 0. The molecular weight excluding hydrogens is 472 g/mol. The van der Waals surface area contributed by atoms with E-state index in [1.807, 2.05) is 6.07 Å². The highest BCUT2D eigenvalue weighted by Gasteiger charge is 2.27. The van der Waals surface area contributed by atoms with Crippen LogP contribution in [0.15, 0.2) is 133 Å². The van der Waals surface area contributed by atoms with Gasteiger partial charge in [0, 0.05) is 17.4 Å². The Labute approximate surface area is 227 Å². The van der Waals surface area contributed by atoms with Crippen molar-refractivity contribution < 1.29 is 0 Å². The summed E-state index contributed by atoms with van der Waals surface area (Å²) in [5.41, 5.74) is 12.1. The number of aromatic nitrogens is 2. The van der Waals surface area contributed by atoms with Crippen LogP contribution in [0.3, 0.4) is 0 Å². The zero-order valence-electron chi connectivity index (χ0n) is 21.3. The minimum atomic E-state index is 0.659. The lowest BCUT2D eigenvalue weighted by molar-refractivity contribution is 0.998. The summed E-state index contributed by atoms with van der Waals surface area (Å²) in [6, 6.07) is 47.4. The topological polar surface area (TPSA) is 25.8 Å². The molecule has 2 heteroatoms. The number of hydrogen-bond acceptors (Lipinski definition) is 2. The lowest BCUT2D eigenvalue weighted by Crippen LogP contribution is -2.01. The second kappa shape index (κ2) is 8.75. The monoisotopic (exact) mass is 496 g/mol. The first kappa shape index (κ1) is 22.0. The SMILES string of the molecule is c1ccc(-c2ccc3cccc4c3c2-c2c(Cc3nc(-c5ccccc5)c5ccccc5n3)cccc2-4)cc1. The second-order valence-electron chi connectivity index (χ2n) is 10.1. The first-order chi connectivity index (χ1) is 19.3. The van der Waals surface area contributed by atoms with Crippen molar-refractivity contribution in [3.63, 3.8) is 0 Å². The minimum Gasteiger partial charge on any atom is -0.233 e. The predicted molar refractivity (Wildman–Crippen MR) is 162 cm³/mol. The summed E-state index contributed by atoms with van der Waals surface area (Å²) in [4.78, 5) is 10.2. The third kappa shape index (κ3) is 3.49. The first-order valence-electron chi connectivity index (χ1n) is 13.4. The molecule has 0 spiro atoms. The van der Waals surface area contributed by atoms with Crippen LogP contribution in [0.1, 0.15) is 11.4 Å². The molecule has 1 aliphatic carbocycles. The molecule has 2 nitrogen and oxygen atoms in total. The van der Waals surface area contributed by atoms with Gasteiger partial charge in [-0.15, -0.1) is 0 Å². The molecular formula is C37H24N2. The highest BCUT2D eigenvalue weighted by atomic mass is 14.9. The molecule has 1 aromatic heterocycles. The Bertz CT molecular complexity index is 2030. The summed E-state index contributed by atoms with van der Waals surface area (Å²) >= 11 is 0. The highest BCUT2D eigenvalue weighted by molar-refractivity contribution is 6.19. The normalized spacial score (nSPS) is 11.7. The Morgan fingerprint density at radius 2 is 1.18 bits per heavy atom. The first-order valence-corrected chi connectivity index (χ1v) is 13.4.